The highest BCUT2D eigenvalue weighted by Crippen LogP contribution is 2.44. The van der Waals surface area contributed by atoms with Crippen LogP contribution in [-0.2, 0) is 10.2 Å². The number of carbonyl (C=O) groups is 1. The van der Waals surface area contributed by atoms with Gasteiger partial charge in [-0.15, -0.1) is 0 Å². The van der Waals surface area contributed by atoms with Crippen LogP contribution in [0.25, 0.3) is 0 Å². The summed E-state index contributed by atoms with van der Waals surface area (Å²) in [5.41, 5.74) is 1.62. The lowest BCUT2D eigenvalue weighted by molar-refractivity contribution is -0.124. The summed E-state index contributed by atoms with van der Waals surface area (Å²) in [4.78, 5) is 12.6. The molecule has 0 saturated heterocycles. The van der Waals surface area contributed by atoms with Crippen LogP contribution in [0.1, 0.15) is 30.5 Å². The highest BCUT2D eigenvalue weighted by Gasteiger charge is 2.45. The summed E-state index contributed by atoms with van der Waals surface area (Å²) in [5.74, 6) is 0.633. The molecule has 104 valence electrons. The molecule has 4 nitrogen and oxygen atoms in total. The number of carbonyl (C=O) groups excluding carboxylic acids is 1. The first-order chi connectivity index (χ1) is 9.60. The largest absolute Gasteiger partial charge is 0.308 e. The van der Waals surface area contributed by atoms with Crippen molar-refractivity contribution in [2.24, 2.45) is 0 Å². The molecule has 1 amide bonds. The first kappa shape index (κ1) is 13.4. The minimum atomic E-state index is -0.395. The van der Waals surface area contributed by atoms with Gasteiger partial charge in [-0.2, -0.15) is 5.10 Å². The van der Waals surface area contributed by atoms with Gasteiger partial charge in [0.2, 0.25) is 5.91 Å². The number of benzene rings is 1. The summed E-state index contributed by atoms with van der Waals surface area (Å²) in [7, 11) is 0. The smallest absolute Gasteiger partial charge is 0.236 e. The summed E-state index contributed by atoms with van der Waals surface area (Å²) in [6.45, 7) is 1.91. The lowest BCUT2D eigenvalue weighted by Crippen LogP contribution is -2.46. The molecule has 5 heteroatoms. The van der Waals surface area contributed by atoms with Crippen molar-refractivity contribution in [2.45, 2.75) is 31.6 Å². The number of aromatic nitrogens is 2. The summed E-state index contributed by atoms with van der Waals surface area (Å²) in [6, 6.07) is 9.87. The first-order valence-electron chi connectivity index (χ1n) is 6.70. The molecule has 0 aliphatic heterocycles. The van der Waals surface area contributed by atoms with Crippen molar-refractivity contribution in [3.8, 4) is 0 Å². The van der Waals surface area contributed by atoms with Crippen LogP contribution in [0.3, 0.4) is 0 Å². The summed E-state index contributed by atoms with van der Waals surface area (Å²) in [6.07, 6.45) is 2.87. The number of amides is 1. The van der Waals surface area contributed by atoms with E-state index in [1.165, 1.54) is 0 Å². The zero-order chi connectivity index (χ0) is 14.2. The lowest BCUT2D eigenvalue weighted by Gasteiger charge is -2.40. The van der Waals surface area contributed by atoms with Crippen molar-refractivity contribution in [2.75, 3.05) is 5.32 Å². The number of hydrogen-bond donors (Lipinski definition) is 2. The second-order valence-corrected chi connectivity index (χ2v) is 6.25. The SMILES string of the molecule is Cc1cc(NC(=O)C2(c3ccc(Br)cc3)CCC2)n[nH]1. The number of aromatic amines is 1. The Morgan fingerprint density at radius 1 is 1.35 bits per heavy atom. The third-order valence-electron chi connectivity index (χ3n) is 3.99. The molecule has 1 saturated carbocycles. The Hall–Kier alpha value is -1.62. The molecule has 1 aliphatic carbocycles. The van der Waals surface area contributed by atoms with Crippen LogP contribution in [0.4, 0.5) is 5.82 Å². The average molecular weight is 334 g/mol. The number of rotatable bonds is 3. The molecule has 0 atom stereocenters. The van der Waals surface area contributed by atoms with Crippen molar-refractivity contribution in [1.29, 1.82) is 0 Å². The van der Waals surface area contributed by atoms with Gasteiger partial charge in [-0.3, -0.25) is 9.89 Å². The van der Waals surface area contributed by atoms with E-state index in [1.54, 1.807) is 0 Å². The van der Waals surface area contributed by atoms with Gasteiger partial charge in [0.25, 0.3) is 0 Å². The zero-order valence-electron chi connectivity index (χ0n) is 11.2. The van der Waals surface area contributed by atoms with Gasteiger partial charge in [0.15, 0.2) is 5.82 Å². The normalized spacial score (nSPS) is 16.5. The number of aryl methyl sites for hydroxylation is 1. The van der Waals surface area contributed by atoms with Crippen molar-refractivity contribution in [1.82, 2.24) is 10.2 Å². The standard InChI is InChI=1S/C15H16BrN3O/c1-10-9-13(19-18-10)17-14(20)15(7-2-8-15)11-3-5-12(16)6-4-11/h3-6,9H,2,7-8H2,1H3,(H2,17,18,19,20). The summed E-state index contributed by atoms with van der Waals surface area (Å²) in [5, 5.41) is 9.83. The molecule has 2 aromatic rings. The van der Waals surface area contributed by atoms with Gasteiger partial charge in [0.05, 0.1) is 5.41 Å². The molecule has 0 spiro atoms. The lowest BCUT2D eigenvalue weighted by atomic mass is 9.64. The van der Waals surface area contributed by atoms with Crippen LogP contribution in [0.2, 0.25) is 0 Å². The molecule has 1 heterocycles. The van der Waals surface area contributed by atoms with E-state index in [9.17, 15) is 4.79 Å². The molecule has 3 rings (SSSR count). The average Bonchev–Trinajstić information content (AvgIpc) is 2.76. The van der Waals surface area contributed by atoms with Crippen LogP contribution in [0.15, 0.2) is 34.8 Å². The van der Waals surface area contributed by atoms with E-state index in [4.69, 9.17) is 0 Å². The van der Waals surface area contributed by atoms with Gasteiger partial charge >= 0.3 is 0 Å². The molecule has 0 bridgehead atoms. The fourth-order valence-electron chi connectivity index (χ4n) is 2.66. The summed E-state index contributed by atoms with van der Waals surface area (Å²) < 4.78 is 1.03. The van der Waals surface area contributed by atoms with Crippen molar-refractivity contribution in [3.63, 3.8) is 0 Å². The van der Waals surface area contributed by atoms with Gasteiger partial charge in [0.1, 0.15) is 0 Å². The van der Waals surface area contributed by atoms with E-state index >= 15 is 0 Å². The third kappa shape index (κ3) is 2.26. The Balaban J connectivity index is 1.85. The molecule has 20 heavy (non-hydrogen) atoms. The van der Waals surface area contributed by atoms with Gasteiger partial charge in [-0.05, 0) is 37.5 Å². The van der Waals surface area contributed by atoms with Gasteiger partial charge in [-0.25, -0.2) is 0 Å². The van der Waals surface area contributed by atoms with Gasteiger partial charge < -0.3 is 5.32 Å². The van der Waals surface area contributed by atoms with E-state index in [1.807, 2.05) is 37.3 Å². The van der Waals surface area contributed by atoms with Crippen molar-refractivity contribution < 1.29 is 4.79 Å². The minimum absolute atomic E-state index is 0.0394. The van der Waals surface area contributed by atoms with E-state index in [2.05, 4.69) is 31.4 Å². The van der Waals surface area contributed by atoms with Crippen LogP contribution in [-0.4, -0.2) is 16.1 Å². The number of nitrogens with zero attached hydrogens (tertiary/aromatic N) is 1. The van der Waals surface area contributed by atoms with Crippen LogP contribution >= 0.6 is 15.9 Å². The molecule has 1 aliphatic rings. The Morgan fingerprint density at radius 2 is 2.05 bits per heavy atom. The second kappa shape index (κ2) is 5.05. The fraction of sp³-hybridized carbons (Fsp3) is 0.333. The van der Waals surface area contributed by atoms with Gasteiger partial charge in [0, 0.05) is 16.2 Å². The van der Waals surface area contributed by atoms with E-state index in [-0.39, 0.29) is 5.91 Å². The minimum Gasteiger partial charge on any atom is -0.308 e. The Morgan fingerprint density at radius 3 is 2.55 bits per heavy atom. The number of nitrogens with one attached hydrogen (secondary N) is 2. The number of anilines is 1. The molecule has 2 N–H and O–H groups in total. The highest BCUT2D eigenvalue weighted by atomic mass is 79.9. The maximum Gasteiger partial charge on any atom is 0.236 e. The monoisotopic (exact) mass is 333 g/mol. The predicted octanol–water partition coefficient (Wildman–Crippen LogP) is 3.54. The van der Waals surface area contributed by atoms with Crippen molar-refractivity contribution >= 4 is 27.7 Å². The highest BCUT2D eigenvalue weighted by molar-refractivity contribution is 9.10. The Bertz CT molecular complexity index is 629. The molecule has 0 unspecified atom stereocenters. The number of H-pyrrole nitrogens is 1. The van der Waals surface area contributed by atoms with E-state index < -0.39 is 5.41 Å². The van der Waals surface area contributed by atoms with Crippen LogP contribution in [0.5, 0.6) is 0 Å². The summed E-state index contributed by atoms with van der Waals surface area (Å²) >= 11 is 3.43. The molecule has 0 radical (unpaired) electrons. The number of hydrogen-bond acceptors (Lipinski definition) is 2. The predicted molar refractivity (Wildman–Crippen MR) is 81.6 cm³/mol. The maximum absolute atomic E-state index is 12.6. The van der Waals surface area contributed by atoms with Crippen LogP contribution < -0.4 is 5.32 Å². The quantitative estimate of drug-likeness (QED) is 0.902. The molecule has 1 aromatic carbocycles. The molecular formula is C15H16BrN3O. The Kier molecular flexibility index (Phi) is 3.38. The number of halogens is 1. The van der Waals surface area contributed by atoms with Crippen LogP contribution in [0, 0.1) is 6.92 Å². The molecular weight excluding hydrogens is 318 g/mol. The van der Waals surface area contributed by atoms with E-state index in [0.29, 0.717) is 5.82 Å². The maximum atomic E-state index is 12.6. The van der Waals surface area contributed by atoms with E-state index in [0.717, 1.165) is 35.0 Å². The van der Waals surface area contributed by atoms with Gasteiger partial charge in [-0.1, -0.05) is 34.5 Å². The topological polar surface area (TPSA) is 57.8 Å². The third-order valence-corrected chi connectivity index (χ3v) is 4.51. The second-order valence-electron chi connectivity index (χ2n) is 5.33. The van der Waals surface area contributed by atoms with Crippen molar-refractivity contribution in [3.05, 3.63) is 46.1 Å². The fourth-order valence-corrected chi connectivity index (χ4v) is 2.93. The molecule has 1 aromatic heterocycles. The first-order valence-corrected chi connectivity index (χ1v) is 7.49. The zero-order valence-corrected chi connectivity index (χ0v) is 12.8. The molecule has 1 fully saturated rings. The Labute approximate surface area is 126 Å².